The van der Waals surface area contributed by atoms with Crippen molar-refractivity contribution in [3.63, 3.8) is 0 Å². The number of rotatable bonds is 6. The molecule has 3 aromatic heterocycles. The van der Waals surface area contributed by atoms with E-state index in [1.165, 1.54) is 17.5 Å². The maximum Gasteiger partial charge on any atom is 0.255 e. The van der Waals surface area contributed by atoms with Gasteiger partial charge >= 0.3 is 0 Å². The van der Waals surface area contributed by atoms with Crippen LogP contribution in [0.4, 0.5) is 14.6 Å². The van der Waals surface area contributed by atoms with Crippen molar-refractivity contribution in [2.24, 2.45) is 0 Å². The fourth-order valence-corrected chi connectivity index (χ4v) is 5.53. The smallest absolute Gasteiger partial charge is 0.255 e. The predicted octanol–water partition coefficient (Wildman–Crippen LogP) is 1.66. The van der Waals surface area contributed by atoms with Crippen LogP contribution in [0.1, 0.15) is 41.4 Å². The Morgan fingerprint density at radius 3 is 2.74 bits per heavy atom. The van der Waals surface area contributed by atoms with Gasteiger partial charge in [0, 0.05) is 61.5 Å². The van der Waals surface area contributed by atoms with Gasteiger partial charge in [-0.2, -0.15) is 5.10 Å². The van der Waals surface area contributed by atoms with Gasteiger partial charge in [0.2, 0.25) is 5.91 Å². The van der Waals surface area contributed by atoms with E-state index in [9.17, 15) is 14.0 Å². The number of anilines is 1. The van der Waals surface area contributed by atoms with Crippen LogP contribution in [0.3, 0.4) is 0 Å². The molecule has 1 fully saturated rings. The summed E-state index contributed by atoms with van der Waals surface area (Å²) >= 11 is 0. The van der Waals surface area contributed by atoms with Crippen LogP contribution >= 0.6 is 0 Å². The van der Waals surface area contributed by atoms with Gasteiger partial charge in [0.25, 0.3) is 5.91 Å². The number of hydrogen-bond donors (Lipinski definition) is 1. The Hall–Kier alpha value is -4.32. The first-order chi connectivity index (χ1) is 20.1. The summed E-state index contributed by atoms with van der Waals surface area (Å²) in [5.41, 5.74) is 2.98. The molecule has 4 aromatic rings. The van der Waals surface area contributed by atoms with E-state index in [1.807, 2.05) is 0 Å². The zero-order valence-electron chi connectivity index (χ0n) is 23.5. The van der Waals surface area contributed by atoms with E-state index >= 15 is 4.39 Å². The van der Waals surface area contributed by atoms with Crippen molar-refractivity contribution in [3.05, 3.63) is 71.2 Å². The molecule has 2 amide bonds. The highest BCUT2D eigenvalue weighted by atomic mass is 19.1. The van der Waals surface area contributed by atoms with Crippen molar-refractivity contribution in [1.29, 1.82) is 0 Å². The molecule has 1 aromatic carbocycles. The maximum atomic E-state index is 15.2. The Morgan fingerprint density at radius 2 is 1.98 bits per heavy atom. The first kappa shape index (κ1) is 27.8. The summed E-state index contributed by atoms with van der Waals surface area (Å²) in [4.78, 5) is 35.9. The summed E-state index contributed by atoms with van der Waals surface area (Å²) in [5, 5.41) is 6.10. The predicted molar refractivity (Wildman–Crippen MR) is 155 cm³/mol. The minimum atomic E-state index is -1.11. The van der Waals surface area contributed by atoms with Crippen LogP contribution in [0.15, 0.2) is 42.7 Å². The number of aromatic nitrogens is 4. The molecule has 1 saturated heterocycles. The molecule has 0 saturated carbocycles. The normalized spacial score (nSPS) is 16.0. The lowest BCUT2D eigenvalue weighted by Crippen LogP contribution is -2.54. The molecule has 10 nitrogen and oxygen atoms in total. The van der Waals surface area contributed by atoms with Gasteiger partial charge in [-0.25, -0.2) is 18.3 Å². The van der Waals surface area contributed by atoms with Crippen LogP contribution < -0.4 is 10.1 Å². The molecule has 2 aliphatic heterocycles. The van der Waals surface area contributed by atoms with Gasteiger partial charge < -0.3 is 19.7 Å². The SMILES string of the molecule is BC(B)(c1cc(F)cc(F)c1OC1CCOCC1)N1CCc2ncc(-c3ccc4nc(NC(C)=O)cn4n3)cc2C1=O. The Morgan fingerprint density at radius 1 is 1.19 bits per heavy atom. The van der Waals surface area contributed by atoms with Crippen LogP contribution in [0.25, 0.3) is 16.9 Å². The minimum Gasteiger partial charge on any atom is -0.487 e. The second kappa shape index (κ2) is 10.8. The third kappa shape index (κ3) is 5.22. The van der Waals surface area contributed by atoms with E-state index in [0.29, 0.717) is 73.0 Å². The molecular weight excluding hydrogens is 544 g/mol. The molecule has 0 spiro atoms. The number of hydrogen-bond acceptors (Lipinski definition) is 7. The number of imidazole rings is 1. The molecule has 42 heavy (non-hydrogen) atoms. The largest absolute Gasteiger partial charge is 0.487 e. The van der Waals surface area contributed by atoms with Crippen LogP contribution in [0.2, 0.25) is 0 Å². The molecule has 214 valence electrons. The average molecular weight is 572 g/mol. The highest BCUT2D eigenvalue weighted by Gasteiger charge is 2.40. The fourth-order valence-electron chi connectivity index (χ4n) is 5.53. The summed E-state index contributed by atoms with van der Waals surface area (Å²) in [6, 6.07) is 7.30. The first-order valence-electron chi connectivity index (χ1n) is 13.8. The molecule has 2 aliphatic rings. The van der Waals surface area contributed by atoms with Crippen molar-refractivity contribution in [1.82, 2.24) is 24.5 Å². The topological polar surface area (TPSA) is 111 Å². The lowest BCUT2D eigenvalue weighted by Gasteiger charge is -2.43. The number of fused-ring (bicyclic) bond motifs is 2. The zero-order chi connectivity index (χ0) is 29.6. The number of benzene rings is 1. The molecule has 14 heteroatoms. The first-order valence-corrected chi connectivity index (χ1v) is 13.8. The summed E-state index contributed by atoms with van der Waals surface area (Å²) in [6.45, 7) is 2.71. The fraction of sp³-hybridized carbons (Fsp3) is 0.321. The summed E-state index contributed by atoms with van der Waals surface area (Å²) in [5.74, 6) is -1.78. The molecule has 0 aliphatic carbocycles. The van der Waals surface area contributed by atoms with E-state index in [4.69, 9.17) is 9.47 Å². The minimum absolute atomic E-state index is 0.0461. The van der Waals surface area contributed by atoms with E-state index in [0.717, 1.165) is 6.07 Å². The third-order valence-corrected chi connectivity index (χ3v) is 7.73. The number of halogens is 2. The van der Waals surface area contributed by atoms with Gasteiger partial charge in [-0.1, -0.05) is 0 Å². The summed E-state index contributed by atoms with van der Waals surface area (Å²) in [6.07, 6.45) is 4.64. The van der Waals surface area contributed by atoms with E-state index in [-0.39, 0.29) is 29.2 Å². The molecule has 1 N–H and O–H groups in total. The maximum absolute atomic E-state index is 15.2. The summed E-state index contributed by atoms with van der Waals surface area (Å²) in [7, 11) is 3.53. The Bertz CT molecular complexity index is 1710. The lowest BCUT2D eigenvalue weighted by molar-refractivity contribution is -0.114. The van der Waals surface area contributed by atoms with Gasteiger partial charge in [-0.3, -0.25) is 14.6 Å². The number of pyridine rings is 1. The van der Waals surface area contributed by atoms with Crippen molar-refractivity contribution in [3.8, 4) is 17.0 Å². The molecule has 6 rings (SSSR count). The molecular formula is C28H28B2F2N6O4. The molecule has 0 bridgehead atoms. The van der Waals surface area contributed by atoms with Crippen LogP contribution in [-0.2, 0) is 21.3 Å². The molecule has 5 heterocycles. The number of nitrogens with one attached hydrogen (secondary N) is 1. The van der Waals surface area contributed by atoms with Gasteiger partial charge in [-0.05, 0) is 24.3 Å². The van der Waals surface area contributed by atoms with Crippen molar-refractivity contribution in [2.45, 2.75) is 37.6 Å². The van der Waals surface area contributed by atoms with E-state index < -0.39 is 17.0 Å². The molecule has 0 atom stereocenters. The lowest BCUT2D eigenvalue weighted by atomic mass is 9.56. The number of carbonyl (C=O) groups is 2. The third-order valence-electron chi connectivity index (χ3n) is 7.73. The Labute approximate surface area is 242 Å². The van der Waals surface area contributed by atoms with Gasteiger partial charge in [0.05, 0.1) is 36.4 Å². The number of carbonyl (C=O) groups excluding carboxylic acids is 2. The highest BCUT2D eigenvalue weighted by molar-refractivity contribution is 6.41. The highest BCUT2D eigenvalue weighted by Crippen LogP contribution is 2.37. The van der Waals surface area contributed by atoms with Crippen molar-refractivity contribution >= 4 is 39.0 Å². The van der Waals surface area contributed by atoms with Crippen LogP contribution in [0, 0.1) is 11.6 Å². The second-order valence-electron chi connectivity index (χ2n) is 11.0. The quantitative estimate of drug-likeness (QED) is 0.350. The monoisotopic (exact) mass is 572 g/mol. The van der Waals surface area contributed by atoms with E-state index in [1.54, 1.807) is 51.2 Å². The Kier molecular flexibility index (Phi) is 7.17. The number of nitrogens with zero attached hydrogens (tertiary/aromatic N) is 5. The van der Waals surface area contributed by atoms with E-state index in [2.05, 4.69) is 20.4 Å². The standard InChI is InChI=1S/C28H28B2F2N6O4/c1-15(39)34-24-14-38-25(35-24)3-2-22(36-38)16-10-19-23(33-13-16)4-7-37(27(19)40)28(29,30)20-11-17(31)12-21(32)26(20)42-18-5-8-41-9-6-18/h2-3,10-14,18H,4-9,29-30H2,1H3,(H,34,39). The molecule has 0 unspecified atom stereocenters. The summed E-state index contributed by atoms with van der Waals surface area (Å²) < 4.78 is 42.7. The average Bonchev–Trinajstić information content (AvgIpc) is 3.35. The van der Waals surface area contributed by atoms with Gasteiger partial charge in [-0.15, -0.1) is 0 Å². The number of amides is 2. The molecule has 0 radical (unpaired) electrons. The van der Waals surface area contributed by atoms with Crippen molar-refractivity contribution < 1.29 is 27.8 Å². The second-order valence-corrected chi connectivity index (χ2v) is 11.0. The van der Waals surface area contributed by atoms with Crippen LogP contribution in [-0.4, -0.2) is 77.9 Å². The zero-order valence-corrected chi connectivity index (χ0v) is 23.5. The van der Waals surface area contributed by atoms with Gasteiger partial charge in [0.1, 0.15) is 27.6 Å². The van der Waals surface area contributed by atoms with Crippen LogP contribution in [0.5, 0.6) is 5.75 Å². The van der Waals surface area contributed by atoms with Crippen molar-refractivity contribution in [2.75, 3.05) is 25.1 Å². The Balaban J connectivity index is 1.32. The van der Waals surface area contributed by atoms with Gasteiger partial charge in [0.15, 0.2) is 23.0 Å². The number of ether oxygens (including phenoxy) is 2.